The van der Waals surface area contributed by atoms with E-state index in [9.17, 15) is 32.1 Å². The Balaban J connectivity index is 1.80. The van der Waals surface area contributed by atoms with Gasteiger partial charge in [0.1, 0.15) is 27.9 Å². The number of sulfone groups is 1. The Labute approximate surface area is 192 Å². The SMILES string of the molecule is CS(=O)CS(=O)(=O)CC1=C(C(=O)O)N2C(=O)C(NC(=O)/C(=N\O)c3csc(N)n3)[C@H]2SC1. The summed E-state index contributed by atoms with van der Waals surface area (Å²) in [5, 5.41) is 24.1. The second-order valence-electron chi connectivity index (χ2n) is 6.72. The van der Waals surface area contributed by atoms with Crippen LogP contribution in [0, 0.1) is 0 Å². The molecule has 0 bridgehead atoms. The van der Waals surface area contributed by atoms with Crippen LogP contribution in [0.3, 0.4) is 0 Å². The zero-order valence-electron chi connectivity index (χ0n) is 16.2. The molecule has 2 aliphatic rings. The van der Waals surface area contributed by atoms with Crippen molar-refractivity contribution in [3.05, 3.63) is 22.3 Å². The van der Waals surface area contributed by atoms with E-state index in [4.69, 9.17) is 10.9 Å². The molecule has 13 nitrogen and oxygen atoms in total. The second kappa shape index (κ2) is 9.16. The first kappa shape index (κ1) is 24.1. The molecule has 17 heteroatoms. The normalized spacial score (nSPS) is 22.2. The number of anilines is 1. The minimum atomic E-state index is -3.86. The Morgan fingerprint density at radius 1 is 1.47 bits per heavy atom. The quantitative estimate of drug-likeness (QED) is 0.132. The first-order chi connectivity index (χ1) is 14.9. The van der Waals surface area contributed by atoms with Crippen molar-refractivity contribution in [2.75, 3.05) is 28.6 Å². The summed E-state index contributed by atoms with van der Waals surface area (Å²) in [7, 11) is -5.50. The van der Waals surface area contributed by atoms with E-state index in [-0.39, 0.29) is 22.2 Å². The van der Waals surface area contributed by atoms with E-state index < -0.39 is 72.1 Å². The molecule has 1 aromatic rings. The minimum Gasteiger partial charge on any atom is -0.477 e. The number of hydrogen-bond acceptors (Lipinski definition) is 12. The van der Waals surface area contributed by atoms with Gasteiger partial charge in [-0.1, -0.05) is 5.16 Å². The zero-order chi connectivity index (χ0) is 23.8. The van der Waals surface area contributed by atoms with Gasteiger partial charge in [-0.25, -0.2) is 18.2 Å². The summed E-state index contributed by atoms with van der Waals surface area (Å²) in [6, 6.07) is -1.13. The summed E-state index contributed by atoms with van der Waals surface area (Å²) < 4.78 is 35.6. The molecule has 0 spiro atoms. The Bertz CT molecular complexity index is 1170. The van der Waals surface area contributed by atoms with Crippen LogP contribution in [-0.4, -0.2) is 90.6 Å². The molecule has 3 heterocycles. The average Bonchev–Trinajstić information content (AvgIpc) is 3.10. The van der Waals surface area contributed by atoms with E-state index >= 15 is 0 Å². The number of nitrogens with zero attached hydrogens (tertiary/aromatic N) is 3. The minimum absolute atomic E-state index is 0.000601. The van der Waals surface area contributed by atoms with Crippen LogP contribution in [0.1, 0.15) is 5.69 Å². The predicted molar refractivity (Wildman–Crippen MR) is 117 cm³/mol. The lowest BCUT2D eigenvalue weighted by molar-refractivity contribution is -0.150. The van der Waals surface area contributed by atoms with Gasteiger partial charge in [0.05, 0.1) is 5.75 Å². The molecule has 2 aliphatic heterocycles. The zero-order valence-corrected chi connectivity index (χ0v) is 19.5. The third-order valence-electron chi connectivity index (χ3n) is 4.36. The topological polar surface area (TPSA) is 209 Å². The Morgan fingerprint density at radius 2 is 2.16 bits per heavy atom. The maximum atomic E-state index is 12.7. The smallest absolute Gasteiger partial charge is 0.352 e. The number of rotatable bonds is 8. The van der Waals surface area contributed by atoms with Crippen LogP contribution in [0.15, 0.2) is 21.8 Å². The Kier molecular flexibility index (Phi) is 6.91. The van der Waals surface area contributed by atoms with Crippen molar-refractivity contribution in [3.63, 3.8) is 0 Å². The molecule has 174 valence electrons. The van der Waals surface area contributed by atoms with Crippen LogP contribution in [0.25, 0.3) is 0 Å². The number of nitrogens with two attached hydrogens (primary N) is 1. The maximum absolute atomic E-state index is 12.7. The third-order valence-corrected chi connectivity index (χ3v) is 9.92. The number of aliphatic carboxylic acids is 1. The van der Waals surface area contributed by atoms with Gasteiger partial charge >= 0.3 is 5.97 Å². The van der Waals surface area contributed by atoms with Gasteiger partial charge in [0, 0.05) is 28.2 Å². The van der Waals surface area contributed by atoms with E-state index in [1.54, 1.807) is 0 Å². The molecular weight excluding hydrogens is 506 g/mol. The fourth-order valence-electron chi connectivity index (χ4n) is 3.17. The van der Waals surface area contributed by atoms with Gasteiger partial charge in [0.15, 0.2) is 20.7 Å². The number of carbonyl (C=O) groups is 3. The number of nitrogens with one attached hydrogen (secondary N) is 1. The van der Waals surface area contributed by atoms with Gasteiger partial charge in [-0.15, -0.1) is 23.1 Å². The number of carboxylic acids is 1. The first-order valence-corrected chi connectivity index (χ1v) is 14.1. The fraction of sp³-hybridized carbons (Fsp3) is 0.400. The van der Waals surface area contributed by atoms with Crippen molar-refractivity contribution >= 4 is 72.4 Å². The number of aromatic nitrogens is 1. The number of carbonyl (C=O) groups excluding carboxylic acids is 2. The summed E-state index contributed by atoms with van der Waals surface area (Å²) in [5.74, 6) is -3.86. The Hall–Kier alpha value is -2.50. The summed E-state index contributed by atoms with van der Waals surface area (Å²) in [4.78, 5) is 41.7. The molecule has 1 saturated heterocycles. The van der Waals surface area contributed by atoms with Gasteiger partial charge < -0.3 is 21.4 Å². The molecule has 5 N–H and O–H groups in total. The number of hydrogen-bond donors (Lipinski definition) is 4. The van der Waals surface area contributed by atoms with E-state index in [2.05, 4.69) is 15.5 Å². The number of oxime groups is 1. The van der Waals surface area contributed by atoms with E-state index in [1.165, 1.54) is 11.6 Å². The van der Waals surface area contributed by atoms with Crippen molar-refractivity contribution in [2.24, 2.45) is 5.16 Å². The standard InChI is InChI=1S/C15H17N5O8S4/c1-31(26)5-32(27,28)4-6-2-29-13-9(12(22)20(13)10(6)14(23)24)18-11(21)8(19-25)7-3-30-15(16)17-7/h3,9,13,25H,2,4-5H2,1H3,(H2,16,17)(H,18,21)(H,23,24)/b19-8-/t9?,13-,31?/m1/s1. The number of nitrogen functional groups attached to an aromatic ring is 1. The van der Waals surface area contributed by atoms with Crippen LogP contribution < -0.4 is 11.1 Å². The molecule has 32 heavy (non-hydrogen) atoms. The molecule has 0 aliphatic carbocycles. The lowest BCUT2D eigenvalue weighted by Crippen LogP contribution is -2.71. The van der Waals surface area contributed by atoms with Crippen molar-refractivity contribution < 1.29 is 37.3 Å². The van der Waals surface area contributed by atoms with Crippen LogP contribution in [0.2, 0.25) is 0 Å². The average molecular weight is 524 g/mol. The van der Waals surface area contributed by atoms with E-state index in [1.807, 2.05) is 0 Å². The monoisotopic (exact) mass is 523 g/mol. The molecule has 0 saturated carbocycles. The van der Waals surface area contributed by atoms with Gasteiger partial charge in [-0.05, 0) is 5.57 Å². The molecule has 1 fully saturated rings. The molecule has 1 aromatic heterocycles. The number of β-lactam (4-membered cyclic amide) rings is 1. The lowest BCUT2D eigenvalue weighted by atomic mass is 10.0. The van der Waals surface area contributed by atoms with Crippen molar-refractivity contribution in [3.8, 4) is 0 Å². The lowest BCUT2D eigenvalue weighted by Gasteiger charge is -2.49. The molecule has 3 atom stereocenters. The van der Waals surface area contributed by atoms with Gasteiger partial charge in [0.2, 0.25) is 0 Å². The van der Waals surface area contributed by atoms with Crippen molar-refractivity contribution in [2.45, 2.75) is 11.4 Å². The molecule has 0 aromatic carbocycles. The number of thioether (sulfide) groups is 1. The van der Waals surface area contributed by atoms with E-state index in [0.717, 1.165) is 28.0 Å². The summed E-state index contributed by atoms with van der Waals surface area (Å²) in [6.07, 6.45) is 1.21. The summed E-state index contributed by atoms with van der Waals surface area (Å²) in [5.41, 5.74) is 4.55. The van der Waals surface area contributed by atoms with Crippen LogP contribution in [0.5, 0.6) is 0 Å². The van der Waals surface area contributed by atoms with Gasteiger partial charge in [0.25, 0.3) is 11.8 Å². The molecule has 0 radical (unpaired) electrons. The van der Waals surface area contributed by atoms with Gasteiger partial charge in [-0.3, -0.25) is 18.7 Å². The maximum Gasteiger partial charge on any atom is 0.352 e. The van der Waals surface area contributed by atoms with Crippen molar-refractivity contribution in [1.29, 1.82) is 0 Å². The number of thiazole rings is 1. The van der Waals surface area contributed by atoms with Crippen LogP contribution >= 0.6 is 23.1 Å². The van der Waals surface area contributed by atoms with Crippen LogP contribution in [-0.2, 0) is 35.0 Å². The fourth-order valence-corrected chi connectivity index (χ4v) is 8.32. The van der Waals surface area contributed by atoms with E-state index in [0.29, 0.717) is 0 Å². The molecule has 2 unspecified atom stereocenters. The highest BCUT2D eigenvalue weighted by molar-refractivity contribution is 8.05. The van der Waals surface area contributed by atoms with Gasteiger partial charge in [-0.2, -0.15) is 0 Å². The summed E-state index contributed by atoms with van der Waals surface area (Å²) >= 11 is 2.08. The third kappa shape index (κ3) is 4.79. The number of fused-ring (bicyclic) bond motifs is 1. The summed E-state index contributed by atoms with van der Waals surface area (Å²) in [6.45, 7) is 0. The number of carboxylic acid groups (broad SMARTS) is 1. The van der Waals surface area contributed by atoms with Crippen LogP contribution in [0.4, 0.5) is 5.13 Å². The Morgan fingerprint density at radius 3 is 2.69 bits per heavy atom. The van der Waals surface area contributed by atoms with Crippen molar-refractivity contribution in [1.82, 2.24) is 15.2 Å². The highest BCUT2D eigenvalue weighted by Crippen LogP contribution is 2.40. The largest absolute Gasteiger partial charge is 0.477 e. The molecule has 3 rings (SSSR count). The first-order valence-electron chi connectivity index (χ1n) is 8.60. The number of amides is 2. The highest BCUT2D eigenvalue weighted by Gasteiger charge is 2.54. The second-order valence-corrected chi connectivity index (χ2v) is 12.6. The predicted octanol–water partition coefficient (Wildman–Crippen LogP) is -1.61. The highest BCUT2D eigenvalue weighted by atomic mass is 32.3. The molecule has 2 amide bonds. The molecular formula is C15H17N5O8S4.